The molecule has 2 aromatic rings. The Morgan fingerprint density at radius 1 is 0.469 bits per heavy atom. The lowest BCUT2D eigenvalue weighted by molar-refractivity contribution is -0.250. The fourth-order valence-electron chi connectivity index (χ4n) is 11.7. The average Bonchev–Trinajstić information content (AvgIpc) is 3.75. The number of esters is 4. The van der Waals surface area contributed by atoms with Crippen LogP contribution in [-0.4, -0.2) is 23.9 Å². The molecule has 0 bridgehead atoms. The number of benzene rings is 2. The minimum Gasteiger partial charge on any atom is -0.449 e. The predicted molar refractivity (Wildman–Crippen MR) is 251 cm³/mol. The molecule has 2 aromatic carbocycles. The number of fused-ring (bicyclic) bond motifs is 4. The second kappa shape index (κ2) is 23.3. The van der Waals surface area contributed by atoms with Gasteiger partial charge in [0.15, 0.2) is 11.2 Å². The van der Waals surface area contributed by atoms with Crippen LogP contribution in [0, 0.1) is 11.8 Å². The van der Waals surface area contributed by atoms with Gasteiger partial charge in [-0.2, -0.15) is 0 Å². The van der Waals surface area contributed by atoms with Crippen molar-refractivity contribution < 1.29 is 38.1 Å². The maximum Gasteiger partial charge on any atom is 0.335 e. The number of allylic oxidation sites excluding steroid dienone is 2. The molecule has 0 radical (unpaired) electrons. The molecular formula is C56H76O8. The Hall–Kier alpha value is -4.20. The molecule has 8 heteroatoms. The van der Waals surface area contributed by atoms with Crippen LogP contribution in [-0.2, 0) is 39.9 Å². The summed E-state index contributed by atoms with van der Waals surface area (Å²) in [5, 5.41) is 0. The highest BCUT2D eigenvalue weighted by molar-refractivity contribution is 6.00. The van der Waals surface area contributed by atoms with Gasteiger partial charge in [0.2, 0.25) is 0 Å². The third-order valence-electron chi connectivity index (χ3n) is 15.0. The smallest absolute Gasteiger partial charge is 0.335 e. The van der Waals surface area contributed by atoms with Gasteiger partial charge in [-0.15, -0.1) is 0 Å². The Kier molecular flexibility index (Phi) is 17.4. The van der Waals surface area contributed by atoms with Crippen LogP contribution in [0.1, 0.15) is 218 Å². The van der Waals surface area contributed by atoms with Crippen LogP contribution in [0.4, 0.5) is 0 Å². The van der Waals surface area contributed by atoms with E-state index < -0.39 is 23.0 Å². The molecule has 0 aromatic heterocycles. The highest BCUT2D eigenvalue weighted by Crippen LogP contribution is 2.77. The van der Waals surface area contributed by atoms with Crippen molar-refractivity contribution in [3.8, 4) is 11.5 Å². The van der Waals surface area contributed by atoms with Crippen molar-refractivity contribution in [3.63, 3.8) is 0 Å². The first-order valence-electron chi connectivity index (χ1n) is 25.9. The van der Waals surface area contributed by atoms with Gasteiger partial charge in [0.1, 0.15) is 11.5 Å². The third kappa shape index (κ3) is 10.7. The topological polar surface area (TPSA) is 105 Å². The van der Waals surface area contributed by atoms with E-state index in [1.807, 2.05) is 24.3 Å². The summed E-state index contributed by atoms with van der Waals surface area (Å²) < 4.78 is 25.2. The minimum absolute atomic E-state index is 0.247. The van der Waals surface area contributed by atoms with Crippen molar-refractivity contribution in [2.24, 2.45) is 11.8 Å². The van der Waals surface area contributed by atoms with Crippen molar-refractivity contribution in [1.29, 1.82) is 0 Å². The molecule has 0 spiro atoms. The molecule has 2 heterocycles. The summed E-state index contributed by atoms with van der Waals surface area (Å²) in [6.45, 7) is 4.47. The van der Waals surface area contributed by atoms with Gasteiger partial charge in [0, 0.05) is 24.0 Å². The molecule has 7 rings (SSSR count). The summed E-state index contributed by atoms with van der Waals surface area (Å²) in [4.78, 5) is 55.0. The molecule has 5 fully saturated rings. The first-order valence-corrected chi connectivity index (χ1v) is 25.9. The largest absolute Gasteiger partial charge is 0.449 e. The number of hydrogen-bond donors (Lipinski definition) is 0. The van der Waals surface area contributed by atoms with Crippen molar-refractivity contribution in [2.45, 2.75) is 218 Å². The molecule has 0 unspecified atom stereocenters. The lowest BCUT2D eigenvalue weighted by Gasteiger charge is -2.59. The summed E-state index contributed by atoms with van der Waals surface area (Å²) >= 11 is 0. The Bertz CT molecular complexity index is 1790. The lowest BCUT2D eigenvalue weighted by Crippen LogP contribution is -2.67. The van der Waals surface area contributed by atoms with Gasteiger partial charge < -0.3 is 18.9 Å². The fraction of sp³-hybridized carbons (Fsp3) is 0.643. The van der Waals surface area contributed by atoms with Crippen LogP contribution in [0.3, 0.4) is 0 Å². The third-order valence-corrected chi connectivity index (χ3v) is 15.0. The summed E-state index contributed by atoms with van der Waals surface area (Å²) in [6.07, 6.45) is 31.4. The number of unbranched alkanes of at least 4 members (excludes halogenated alkanes) is 16. The minimum atomic E-state index is -1.19. The molecule has 3 aliphatic carbocycles. The first kappa shape index (κ1) is 47.8. The zero-order valence-corrected chi connectivity index (χ0v) is 39.3. The van der Waals surface area contributed by atoms with Gasteiger partial charge in [-0.05, 0) is 99.6 Å². The zero-order chi connectivity index (χ0) is 44.8. The quantitative estimate of drug-likeness (QED) is 0.0444. The molecular weight excluding hydrogens is 801 g/mol. The first-order chi connectivity index (χ1) is 31.3. The monoisotopic (exact) mass is 877 g/mol. The maximum absolute atomic E-state index is 14.5. The van der Waals surface area contributed by atoms with Gasteiger partial charge in [-0.1, -0.05) is 165 Å². The molecule has 348 valence electrons. The second-order valence-electron chi connectivity index (χ2n) is 19.5. The highest BCUT2D eigenvalue weighted by atomic mass is 16.6. The van der Waals surface area contributed by atoms with Crippen molar-refractivity contribution in [2.75, 3.05) is 0 Å². The zero-order valence-electron chi connectivity index (χ0n) is 39.3. The van der Waals surface area contributed by atoms with E-state index in [2.05, 4.69) is 13.8 Å². The Balaban J connectivity index is 1.11. The van der Waals surface area contributed by atoms with Crippen LogP contribution in [0.5, 0.6) is 11.5 Å². The Morgan fingerprint density at radius 2 is 0.781 bits per heavy atom. The summed E-state index contributed by atoms with van der Waals surface area (Å²) in [5.41, 5.74) is 2.64. The van der Waals surface area contributed by atoms with E-state index >= 15 is 0 Å². The van der Waals surface area contributed by atoms with Gasteiger partial charge in [-0.3, -0.25) is 9.59 Å². The highest BCUT2D eigenvalue weighted by Gasteiger charge is 2.85. The van der Waals surface area contributed by atoms with E-state index in [1.54, 1.807) is 24.3 Å². The van der Waals surface area contributed by atoms with Crippen molar-refractivity contribution in [3.05, 3.63) is 82.0 Å². The van der Waals surface area contributed by atoms with E-state index in [0.717, 1.165) is 125 Å². The maximum atomic E-state index is 14.5. The van der Waals surface area contributed by atoms with Gasteiger partial charge >= 0.3 is 23.9 Å². The van der Waals surface area contributed by atoms with Crippen molar-refractivity contribution >= 4 is 23.9 Å². The van der Waals surface area contributed by atoms with Gasteiger partial charge in [0.05, 0.1) is 11.8 Å². The molecule has 2 saturated heterocycles. The summed E-state index contributed by atoms with van der Waals surface area (Å²) in [6, 6.07) is 14.9. The average molecular weight is 877 g/mol. The van der Waals surface area contributed by atoms with Crippen LogP contribution in [0.2, 0.25) is 0 Å². The van der Waals surface area contributed by atoms with Crippen LogP contribution < -0.4 is 9.47 Å². The lowest BCUT2D eigenvalue weighted by atomic mass is 9.44. The standard InChI is InChI=1S/C56H76O8/c1-3-5-7-9-11-13-15-17-25-31-47(57)61-45-37-33-43(34-38-45)55-51(49(53(59)63-55)41-27-21-19-22-28-41)56(52(55)50(54(60)64-56)42-29-23-20-24-30-42)44-35-39-46(40-36-44)62-48(58)32-26-18-16-14-12-10-8-6-4-2/h33-40,51-52H,3-32H2,1-2H3. The molecule has 64 heavy (non-hydrogen) atoms. The predicted octanol–water partition coefficient (Wildman–Crippen LogP) is 14.3. The van der Waals surface area contributed by atoms with Crippen LogP contribution >= 0.6 is 0 Å². The van der Waals surface area contributed by atoms with Crippen LogP contribution in [0.25, 0.3) is 0 Å². The van der Waals surface area contributed by atoms with E-state index in [4.69, 9.17) is 18.9 Å². The Morgan fingerprint density at radius 3 is 1.11 bits per heavy atom. The number of carbonyl (C=O) groups excluding carboxylic acids is 4. The molecule has 0 N–H and O–H groups in total. The van der Waals surface area contributed by atoms with Gasteiger partial charge in [0.25, 0.3) is 0 Å². The molecule has 2 aliphatic heterocycles. The number of carbonyl (C=O) groups is 4. The number of hydrogen-bond acceptors (Lipinski definition) is 8. The Labute approximate surface area is 383 Å². The summed E-state index contributed by atoms with van der Waals surface area (Å²) in [5.74, 6) is -1.44. The van der Waals surface area contributed by atoms with E-state index in [1.165, 1.54) is 77.0 Å². The second-order valence-corrected chi connectivity index (χ2v) is 19.5. The normalized spacial score (nSPS) is 23.9. The number of ether oxygens (including phenoxy) is 4. The van der Waals surface area contributed by atoms with E-state index in [9.17, 15) is 19.2 Å². The van der Waals surface area contributed by atoms with Crippen molar-refractivity contribution in [1.82, 2.24) is 0 Å². The van der Waals surface area contributed by atoms with E-state index in [0.29, 0.717) is 35.5 Å². The molecule has 3 saturated carbocycles. The molecule has 0 atom stereocenters. The van der Waals surface area contributed by atoms with E-state index in [-0.39, 0.29) is 23.9 Å². The number of rotatable bonds is 24. The fourth-order valence-corrected chi connectivity index (χ4v) is 11.7. The molecule has 5 aliphatic rings. The van der Waals surface area contributed by atoms with Crippen LogP contribution in [0.15, 0.2) is 70.8 Å². The SMILES string of the molecule is CCCCCCCCCCCC(=O)Oc1ccc(C23OC(=O)C(=C4CCCCC4)C2C2(c4ccc(OC(=O)CCCCCCCCCCC)cc4)OC(=O)C(=C4CCCCC4)C32)cc1. The van der Waals surface area contributed by atoms with Gasteiger partial charge in [-0.25, -0.2) is 9.59 Å². The summed E-state index contributed by atoms with van der Waals surface area (Å²) in [7, 11) is 0. The molecule has 0 amide bonds. The molecule has 8 nitrogen and oxygen atoms in total.